The summed E-state index contributed by atoms with van der Waals surface area (Å²) in [5.74, 6) is -1.08. The van der Waals surface area contributed by atoms with E-state index in [2.05, 4.69) is 16.0 Å². The molecule has 2 heterocycles. The van der Waals surface area contributed by atoms with E-state index >= 15 is 0 Å². The Hall–Kier alpha value is -3.36. The van der Waals surface area contributed by atoms with E-state index in [1.807, 2.05) is 19.1 Å². The lowest BCUT2D eigenvalue weighted by atomic mass is 9.91. The number of carbonyl (C=O) groups is 4. The first kappa shape index (κ1) is 20.4. The van der Waals surface area contributed by atoms with Crippen molar-refractivity contribution in [1.29, 1.82) is 0 Å². The third kappa shape index (κ3) is 3.67. The van der Waals surface area contributed by atoms with Gasteiger partial charge in [-0.05, 0) is 33.3 Å². The Bertz CT molecular complexity index is 908. The first-order chi connectivity index (χ1) is 13.7. The number of carbonyl (C=O) groups excluding carboxylic acids is 4. The van der Waals surface area contributed by atoms with Crippen LogP contribution in [0.3, 0.4) is 0 Å². The first-order valence-corrected chi connectivity index (χ1v) is 9.36. The highest BCUT2D eigenvalue weighted by molar-refractivity contribution is 6.07. The van der Waals surface area contributed by atoms with Crippen LogP contribution in [0.2, 0.25) is 0 Å². The molecule has 3 N–H and O–H groups in total. The summed E-state index contributed by atoms with van der Waals surface area (Å²) >= 11 is 0. The van der Waals surface area contributed by atoms with Gasteiger partial charge in [-0.25, -0.2) is 14.4 Å². The number of ether oxygens (including phenoxy) is 1. The lowest BCUT2D eigenvalue weighted by molar-refractivity contribution is -0.139. The van der Waals surface area contributed by atoms with Crippen LogP contribution in [-0.2, 0) is 19.9 Å². The normalized spacial score (nSPS) is 24.2. The molecule has 5 amide bonds. The summed E-state index contributed by atoms with van der Waals surface area (Å²) in [4.78, 5) is 51.0. The number of rotatable bonds is 5. The zero-order chi connectivity index (χ0) is 21.3. The Balaban J connectivity index is 1.93. The maximum absolute atomic E-state index is 13.1. The molecule has 154 valence electrons. The molecule has 1 aromatic carbocycles. The number of hydrogen-bond acceptors (Lipinski definition) is 5. The number of amides is 5. The van der Waals surface area contributed by atoms with Crippen LogP contribution in [-0.4, -0.2) is 48.0 Å². The summed E-state index contributed by atoms with van der Waals surface area (Å²) < 4.78 is 5.06. The highest BCUT2D eigenvalue weighted by atomic mass is 16.5. The van der Waals surface area contributed by atoms with Crippen LogP contribution in [0.15, 0.2) is 35.5 Å². The second kappa shape index (κ2) is 7.57. The molecule has 1 fully saturated rings. The number of nitrogens with one attached hydrogen (secondary N) is 3. The molecular weight excluding hydrogens is 376 g/mol. The van der Waals surface area contributed by atoms with Crippen LogP contribution in [0.4, 0.5) is 9.59 Å². The lowest BCUT2D eigenvalue weighted by Gasteiger charge is -2.28. The Kier molecular flexibility index (Phi) is 5.32. The first-order valence-electron chi connectivity index (χ1n) is 9.36. The molecule has 2 aliphatic heterocycles. The van der Waals surface area contributed by atoms with Gasteiger partial charge in [0.1, 0.15) is 5.54 Å². The van der Waals surface area contributed by atoms with Crippen LogP contribution in [0.1, 0.15) is 31.9 Å². The van der Waals surface area contributed by atoms with Gasteiger partial charge in [0.25, 0.3) is 5.91 Å². The fraction of sp³-hybridized carbons (Fsp3) is 0.400. The smallest absolute Gasteiger partial charge is 0.337 e. The van der Waals surface area contributed by atoms with Crippen molar-refractivity contribution in [2.45, 2.75) is 39.3 Å². The van der Waals surface area contributed by atoms with E-state index in [0.717, 1.165) is 10.5 Å². The van der Waals surface area contributed by atoms with E-state index in [0.29, 0.717) is 5.56 Å². The Morgan fingerprint density at radius 2 is 1.86 bits per heavy atom. The molecule has 2 atom stereocenters. The van der Waals surface area contributed by atoms with Crippen LogP contribution >= 0.6 is 0 Å². The SMILES string of the molecule is CCOC(=O)C1=C(CN2C(=O)N[C@@](C)(c3ccc(C)cc3)C2=O)NC(=O)N[C@H]1C. The largest absolute Gasteiger partial charge is 0.463 e. The molecule has 9 heteroatoms. The molecule has 0 radical (unpaired) electrons. The molecule has 2 aliphatic rings. The topological polar surface area (TPSA) is 117 Å². The molecule has 0 bridgehead atoms. The number of benzene rings is 1. The molecular formula is C20H24N4O5. The minimum absolute atomic E-state index is 0.158. The van der Waals surface area contributed by atoms with Gasteiger partial charge in [0.05, 0.1) is 30.5 Å². The van der Waals surface area contributed by atoms with Gasteiger partial charge in [0.15, 0.2) is 0 Å². The number of aryl methyl sites for hydroxylation is 1. The van der Waals surface area contributed by atoms with Gasteiger partial charge in [-0.2, -0.15) is 0 Å². The fourth-order valence-corrected chi connectivity index (χ4v) is 3.49. The van der Waals surface area contributed by atoms with Crippen molar-refractivity contribution in [3.63, 3.8) is 0 Å². The van der Waals surface area contributed by atoms with Crippen molar-refractivity contribution in [3.05, 3.63) is 46.7 Å². The summed E-state index contributed by atoms with van der Waals surface area (Å²) in [5.41, 5.74) is 0.776. The van der Waals surface area contributed by atoms with Crippen LogP contribution in [0.25, 0.3) is 0 Å². The number of urea groups is 2. The van der Waals surface area contributed by atoms with Gasteiger partial charge in [-0.15, -0.1) is 0 Å². The molecule has 29 heavy (non-hydrogen) atoms. The third-order valence-corrected chi connectivity index (χ3v) is 5.09. The summed E-state index contributed by atoms with van der Waals surface area (Å²) in [6.45, 7) is 6.76. The molecule has 0 aliphatic carbocycles. The average Bonchev–Trinajstić information content (AvgIpc) is 2.86. The zero-order valence-corrected chi connectivity index (χ0v) is 16.8. The van der Waals surface area contributed by atoms with Crippen molar-refractivity contribution in [3.8, 4) is 0 Å². The van der Waals surface area contributed by atoms with Gasteiger partial charge in [-0.3, -0.25) is 9.69 Å². The Morgan fingerprint density at radius 3 is 2.48 bits per heavy atom. The van der Waals surface area contributed by atoms with E-state index in [1.54, 1.807) is 32.9 Å². The maximum Gasteiger partial charge on any atom is 0.337 e. The molecule has 1 saturated heterocycles. The Labute approximate surface area is 168 Å². The van der Waals surface area contributed by atoms with Crippen molar-refractivity contribution < 1.29 is 23.9 Å². The monoisotopic (exact) mass is 400 g/mol. The zero-order valence-electron chi connectivity index (χ0n) is 16.8. The number of nitrogens with zero attached hydrogens (tertiary/aromatic N) is 1. The second-order valence-electron chi connectivity index (χ2n) is 7.25. The van der Waals surface area contributed by atoms with Gasteiger partial charge in [0, 0.05) is 0 Å². The molecule has 0 aromatic heterocycles. The van der Waals surface area contributed by atoms with Crippen molar-refractivity contribution in [1.82, 2.24) is 20.9 Å². The molecule has 0 unspecified atom stereocenters. The predicted octanol–water partition coefficient (Wildman–Crippen LogP) is 1.28. The standard InChI is InChI=1S/C20H24N4O5/c1-5-29-16(25)15-12(3)21-18(27)22-14(15)10-24-17(26)20(4,23-19(24)28)13-8-6-11(2)7-9-13/h6-9,12H,5,10H2,1-4H3,(H,23,28)(H2,21,22,27)/t12-,20-/m0/s1. The Morgan fingerprint density at radius 1 is 1.21 bits per heavy atom. The minimum Gasteiger partial charge on any atom is -0.463 e. The van der Waals surface area contributed by atoms with E-state index in [1.165, 1.54) is 0 Å². The molecule has 0 spiro atoms. The van der Waals surface area contributed by atoms with E-state index in [9.17, 15) is 19.2 Å². The van der Waals surface area contributed by atoms with Gasteiger partial charge >= 0.3 is 18.0 Å². The van der Waals surface area contributed by atoms with Crippen LogP contribution in [0, 0.1) is 6.92 Å². The van der Waals surface area contributed by atoms with Crippen molar-refractivity contribution in [2.75, 3.05) is 13.2 Å². The van der Waals surface area contributed by atoms with Crippen LogP contribution < -0.4 is 16.0 Å². The van der Waals surface area contributed by atoms with Gasteiger partial charge < -0.3 is 20.7 Å². The number of hydrogen-bond donors (Lipinski definition) is 3. The quantitative estimate of drug-likeness (QED) is 0.509. The summed E-state index contributed by atoms with van der Waals surface area (Å²) in [7, 11) is 0. The lowest BCUT2D eigenvalue weighted by Crippen LogP contribution is -2.52. The van der Waals surface area contributed by atoms with Crippen molar-refractivity contribution >= 4 is 23.9 Å². The minimum atomic E-state index is -1.24. The fourth-order valence-electron chi connectivity index (χ4n) is 3.49. The summed E-state index contributed by atoms with van der Waals surface area (Å²) in [6, 6.07) is 5.55. The molecule has 9 nitrogen and oxygen atoms in total. The second-order valence-corrected chi connectivity index (χ2v) is 7.25. The van der Waals surface area contributed by atoms with E-state index in [-0.39, 0.29) is 24.4 Å². The van der Waals surface area contributed by atoms with Crippen molar-refractivity contribution in [2.24, 2.45) is 0 Å². The summed E-state index contributed by atoms with van der Waals surface area (Å²) in [6.07, 6.45) is 0. The molecule has 3 rings (SSSR count). The average molecular weight is 400 g/mol. The highest BCUT2D eigenvalue weighted by Crippen LogP contribution is 2.30. The third-order valence-electron chi connectivity index (χ3n) is 5.09. The predicted molar refractivity (Wildman–Crippen MR) is 104 cm³/mol. The summed E-state index contributed by atoms with van der Waals surface area (Å²) in [5, 5.41) is 7.83. The van der Waals surface area contributed by atoms with E-state index in [4.69, 9.17) is 4.74 Å². The number of imide groups is 1. The molecule has 0 saturated carbocycles. The van der Waals surface area contributed by atoms with Gasteiger partial charge in [-0.1, -0.05) is 29.8 Å². The van der Waals surface area contributed by atoms with Crippen LogP contribution in [0.5, 0.6) is 0 Å². The maximum atomic E-state index is 13.1. The number of esters is 1. The molecule has 1 aromatic rings. The van der Waals surface area contributed by atoms with E-state index < -0.39 is 35.5 Å². The van der Waals surface area contributed by atoms with Gasteiger partial charge in [0.2, 0.25) is 0 Å². The highest BCUT2D eigenvalue weighted by Gasteiger charge is 2.49.